The Morgan fingerprint density at radius 1 is 1.05 bits per heavy atom. The lowest BCUT2D eigenvalue weighted by atomic mass is 10.0. The molecule has 2 aromatic carbocycles. The van der Waals surface area contributed by atoms with Crippen molar-refractivity contribution in [3.63, 3.8) is 0 Å². The van der Waals surface area contributed by atoms with Crippen LogP contribution in [0.25, 0.3) is 0 Å². The molecule has 220 valence electrons. The van der Waals surface area contributed by atoms with E-state index < -0.39 is 55.8 Å². The van der Waals surface area contributed by atoms with Gasteiger partial charge in [-0.2, -0.15) is 17.6 Å². The van der Waals surface area contributed by atoms with Crippen LogP contribution in [0.2, 0.25) is 5.02 Å². The molecule has 1 N–H and O–H groups in total. The number of pyridine rings is 1. The molecule has 2 amide bonds. The number of aryl methyl sites for hydroxylation is 1. The van der Waals surface area contributed by atoms with Crippen molar-refractivity contribution in [3.8, 4) is 11.5 Å². The van der Waals surface area contributed by atoms with Crippen molar-refractivity contribution < 1.29 is 40.8 Å². The Balaban J connectivity index is 2.05. The molecule has 0 spiro atoms. The normalized spacial score (nSPS) is 13.2. The van der Waals surface area contributed by atoms with E-state index in [4.69, 9.17) is 21.1 Å². The van der Waals surface area contributed by atoms with E-state index in [-0.39, 0.29) is 33.2 Å². The zero-order valence-electron chi connectivity index (χ0n) is 22.8. The van der Waals surface area contributed by atoms with E-state index in [0.29, 0.717) is 6.07 Å². The van der Waals surface area contributed by atoms with Crippen molar-refractivity contribution in [2.75, 3.05) is 11.6 Å². The Bertz CT molecular complexity index is 1650. The average Bonchev–Trinajstić information content (AvgIpc) is 2.80. The number of amides is 2. The quantitative estimate of drug-likeness (QED) is 0.231. The summed E-state index contributed by atoms with van der Waals surface area (Å²) in [6.07, 6.45) is -4.71. The number of alkyl halides is 3. The SMILES string of the molecule is Cc1nc(F)ccc1Oc1cc(C(F)(F)F)c(Cl)c(C)c1C(=O)Nc1cccc([S@@](C)(=O)=NC(=O)OC(C)(C)C)c1. The van der Waals surface area contributed by atoms with Crippen molar-refractivity contribution in [1.29, 1.82) is 0 Å². The summed E-state index contributed by atoms with van der Waals surface area (Å²) in [6, 6.07) is 8.27. The zero-order valence-corrected chi connectivity index (χ0v) is 24.3. The maximum atomic E-state index is 13.7. The first kappa shape index (κ1) is 31.8. The molecule has 0 aliphatic rings. The summed E-state index contributed by atoms with van der Waals surface area (Å²) < 4.78 is 82.2. The van der Waals surface area contributed by atoms with Crippen molar-refractivity contribution in [2.24, 2.45) is 4.36 Å². The standard InChI is InChI=1S/C27H26ClF4N3O5S/c1-14-22(20(13-18(23(14)28)27(30,31)32)39-19-10-11-21(29)33-15(19)2)24(36)34-16-8-7-9-17(12-16)41(6,38)35-25(37)40-26(3,4)5/h7-13H,1-6H3,(H,34,36)/t41-/m1/s1. The molecule has 1 aromatic heterocycles. The van der Waals surface area contributed by atoms with Gasteiger partial charge in [-0.25, -0.2) is 14.0 Å². The highest BCUT2D eigenvalue weighted by atomic mass is 35.5. The third-order valence-corrected chi connectivity index (χ3v) is 7.50. The number of benzene rings is 2. The second-order valence-corrected chi connectivity index (χ2v) is 12.5. The third-order valence-electron chi connectivity index (χ3n) is 5.39. The van der Waals surface area contributed by atoms with Gasteiger partial charge >= 0.3 is 12.3 Å². The number of carbonyl (C=O) groups excluding carboxylic acids is 2. The second kappa shape index (κ2) is 11.6. The molecule has 8 nitrogen and oxygen atoms in total. The van der Waals surface area contributed by atoms with Gasteiger partial charge in [0.05, 0.1) is 31.6 Å². The first-order chi connectivity index (χ1) is 18.8. The molecular formula is C27H26ClF4N3O5S. The minimum absolute atomic E-state index is 0.0247. The smallest absolute Gasteiger partial charge is 0.442 e. The Morgan fingerprint density at radius 3 is 2.29 bits per heavy atom. The molecule has 1 heterocycles. The highest BCUT2D eigenvalue weighted by molar-refractivity contribution is 7.93. The van der Waals surface area contributed by atoms with Crippen molar-refractivity contribution in [2.45, 2.75) is 51.3 Å². The fraction of sp³-hybridized carbons (Fsp3) is 0.296. The summed E-state index contributed by atoms with van der Waals surface area (Å²) in [5.74, 6) is -2.35. The lowest BCUT2D eigenvalue weighted by Gasteiger charge is -2.19. The molecular weight excluding hydrogens is 590 g/mol. The van der Waals surface area contributed by atoms with E-state index in [2.05, 4.69) is 14.7 Å². The number of ether oxygens (including phenoxy) is 2. The van der Waals surface area contributed by atoms with Gasteiger partial charge in [-0.1, -0.05) is 17.7 Å². The topological polar surface area (TPSA) is 107 Å². The summed E-state index contributed by atoms with van der Waals surface area (Å²) in [4.78, 5) is 29.2. The van der Waals surface area contributed by atoms with Crippen LogP contribution in [0.3, 0.4) is 0 Å². The molecule has 41 heavy (non-hydrogen) atoms. The number of nitrogens with one attached hydrogen (secondary N) is 1. The largest absolute Gasteiger partial charge is 0.455 e. The van der Waals surface area contributed by atoms with Gasteiger partial charge in [0.15, 0.2) is 0 Å². The van der Waals surface area contributed by atoms with Gasteiger partial charge < -0.3 is 14.8 Å². The van der Waals surface area contributed by atoms with Gasteiger partial charge in [-0.3, -0.25) is 4.79 Å². The number of halogens is 5. The van der Waals surface area contributed by atoms with Crippen LogP contribution >= 0.6 is 11.6 Å². The first-order valence-electron chi connectivity index (χ1n) is 11.9. The van der Waals surface area contributed by atoms with Crippen LogP contribution in [0, 0.1) is 19.8 Å². The van der Waals surface area contributed by atoms with Crippen LogP contribution in [-0.4, -0.2) is 33.1 Å². The summed E-state index contributed by atoms with van der Waals surface area (Å²) in [5, 5.41) is 1.80. The lowest BCUT2D eigenvalue weighted by molar-refractivity contribution is -0.137. The second-order valence-electron chi connectivity index (χ2n) is 9.91. The highest BCUT2D eigenvalue weighted by Crippen LogP contribution is 2.42. The molecule has 0 aliphatic heterocycles. The number of aromatic nitrogens is 1. The molecule has 0 bridgehead atoms. The molecule has 0 saturated heterocycles. The predicted molar refractivity (Wildman–Crippen MR) is 146 cm³/mol. The van der Waals surface area contributed by atoms with E-state index in [1.165, 1.54) is 44.4 Å². The van der Waals surface area contributed by atoms with E-state index in [9.17, 15) is 31.4 Å². The minimum atomic E-state index is -4.88. The van der Waals surface area contributed by atoms with Crippen LogP contribution in [0.4, 0.5) is 28.0 Å². The maximum absolute atomic E-state index is 13.7. The summed E-state index contributed by atoms with van der Waals surface area (Å²) in [6.45, 7) is 7.45. The maximum Gasteiger partial charge on any atom is 0.442 e. The zero-order chi connectivity index (χ0) is 30.9. The van der Waals surface area contributed by atoms with Crippen LogP contribution in [0.15, 0.2) is 51.7 Å². The van der Waals surface area contributed by atoms with Crippen molar-refractivity contribution >= 4 is 39.0 Å². The molecule has 14 heteroatoms. The summed E-state index contributed by atoms with van der Waals surface area (Å²) >= 11 is 6.02. The van der Waals surface area contributed by atoms with E-state index in [1.807, 2.05) is 0 Å². The van der Waals surface area contributed by atoms with Gasteiger partial charge in [0.25, 0.3) is 5.91 Å². The number of hydrogen-bond donors (Lipinski definition) is 1. The lowest BCUT2D eigenvalue weighted by Crippen LogP contribution is -2.22. The highest BCUT2D eigenvalue weighted by Gasteiger charge is 2.37. The predicted octanol–water partition coefficient (Wildman–Crippen LogP) is 7.95. The van der Waals surface area contributed by atoms with Gasteiger partial charge in [0, 0.05) is 16.8 Å². The third kappa shape index (κ3) is 7.94. The fourth-order valence-corrected chi connectivity index (χ4v) is 4.91. The molecule has 0 radical (unpaired) electrons. The monoisotopic (exact) mass is 615 g/mol. The van der Waals surface area contributed by atoms with Gasteiger partial charge in [0.2, 0.25) is 5.95 Å². The van der Waals surface area contributed by atoms with E-state index in [1.54, 1.807) is 20.8 Å². The molecule has 1 atom stereocenters. The molecule has 3 aromatic rings. The van der Waals surface area contributed by atoms with Crippen molar-refractivity contribution in [1.82, 2.24) is 4.98 Å². The first-order valence-corrected chi connectivity index (χ1v) is 14.2. The molecule has 0 fully saturated rings. The minimum Gasteiger partial charge on any atom is -0.455 e. The number of nitrogens with zero attached hydrogens (tertiary/aromatic N) is 2. The molecule has 3 rings (SSSR count). The van der Waals surface area contributed by atoms with E-state index >= 15 is 0 Å². The number of anilines is 1. The number of carbonyl (C=O) groups is 2. The molecule has 0 saturated carbocycles. The van der Waals surface area contributed by atoms with Gasteiger partial charge in [-0.05, 0) is 76.6 Å². The van der Waals surface area contributed by atoms with Gasteiger partial charge in [-0.15, -0.1) is 4.36 Å². The Kier molecular flexibility index (Phi) is 9.04. The fourth-order valence-electron chi connectivity index (χ4n) is 3.55. The number of hydrogen-bond acceptors (Lipinski definition) is 6. The molecule has 0 aliphatic carbocycles. The van der Waals surface area contributed by atoms with E-state index in [0.717, 1.165) is 12.1 Å². The Morgan fingerprint density at radius 2 is 1.71 bits per heavy atom. The molecule has 0 unspecified atom stereocenters. The van der Waals surface area contributed by atoms with Crippen LogP contribution in [0.1, 0.15) is 48.0 Å². The Hall–Kier alpha value is -3.71. The number of rotatable bonds is 5. The van der Waals surface area contributed by atoms with Crippen LogP contribution < -0.4 is 10.1 Å². The van der Waals surface area contributed by atoms with Crippen LogP contribution in [-0.2, 0) is 20.6 Å². The summed E-state index contributed by atoms with van der Waals surface area (Å²) in [5.41, 5.74) is -2.58. The average molecular weight is 616 g/mol. The Labute approximate surface area is 239 Å². The summed E-state index contributed by atoms with van der Waals surface area (Å²) in [7, 11) is -3.31. The van der Waals surface area contributed by atoms with Gasteiger partial charge in [0.1, 0.15) is 17.1 Å². The van der Waals surface area contributed by atoms with Crippen LogP contribution in [0.5, 0.6) is 11.5 Å². The van der Waals surface area contributed by atoms with Crippen molar-refractivity contribution in [3.05, 3.63) is 75.8 Å².